The third-order valence-corrected chi connectivity index (χ3v) is 7.64. The van der Waals surface area contributed by atoms with Crippen molar-refractivity contribution in [3.63, 3.8) is 0 Å². The number of hydrogen-bond donors (Lipinski definition) is 0. The summed E-state index contributed by atoms with van der Waals surface area (Å²) in [5.74, 6) is -0.00713. The lowest BCUT2D eigenvalue weighted by Crippen LogP contribution is -1.95. The Labute approximate surface area is 183 Å². The topological polar surface area (TPSA) is 40.9 Å². The van der Waals surface area contributed by atoms with E-state index >= 15 is 0 Å². The monoisotopic (exact) mass is 423 g/mol. The van der Waals surface area contributed by atoms with Crippen molar-refractivity contribution in [2.24, 2.45) is 0 Å². The van der Waals surface area contributed by atoms with Crippen molar-refractivity contribution in [1.82, 2.24) is 0 Å². The molecule has 0 bridgehead atoms. The van der Waals surface area contributed by atoms with Gasteiger partial charge in [-0.05, 0) is 43.2 Å². The van der Waals surface area contributed by atoms with Crippen LogP contribution in [0.3, 0.4) is 0 Å². The molecule has 2 aromatic carbocycles. The average Bonchev–Trinajstić information content (AvgIpc) is 3.39. The lowest BCUT2D eigenvalue weighted by atomic mass is 10.00. The maximum atomic E-state index is 13.0. The van der Waals surface area contributed by atoms with Gasteiger partial charge in [0.2, 0.25) is 0 Å². The van der Waals surface area contributed by atoms with Crippen LogP contribution in [0.5, 0.6) is 0 Å². The number of nitrogens with zero attached hydrogens (tertiary/aromatic N) is 1. The molecule has 1 aliphatic rings. The molecule has 0 saturated heterocycles. The van der Waals surface area contributed by atoms with E-state index in [2.05, 4.69) is 49.4 Å². The minimum Gasteiger partial charge on any atom is -0.289 e. The Kier molecular flexibility index (Phi) is 4.51. The molecule has 0 unspecified atom stereocenters. The van der Waals surface area contributed by atoms with Crippen molar-refractivity contribution in [3.05, 3.63) is 93.4 Å². The van der Waals surface area contributed by atoms with Crippen LogP contribution in [-0.2, 0) is 0 Å². The summed E-state index contributed by atoms with van der Waals surface area (Å²) in [6, 6.07) is 22.7. The predicted octanol–water partition coefficient (Wildman–Crippen LogP) is 7.52. The van der Waals surface area contributed by atoms with Crippen LogP contribution in [0.25, 0.3) is 31.5 Å². The second-order valence-corrected chi connectivity index (χ2v) is 9.60. The van der Waals surface area contributed by atoms with Gasteiger partial charge in [0.15, 0.2) is 5.78 Å². The van der Waals surface area contributed by atoms with Gasteiger partial charge in [-0.25, -0.2) is 0 Å². The molecule has 2 heterocycles. The number of nitriles is 1. The summed E-state index contributed by atoms with van der Waals surface area (Å²) in [6.45, 7) is 3.87. The van der Waals surface area contributed by atoms with Crippen molar-refractivity contribution >= 4 is 49.5 Å². The standard InChI is InChI=1S/C26H17NOS2/c1-15-7-9-17(10-8-15)22-13-24-23(30-22)12-18(29-24)11-21-25(16(2)14-27)19-5-3-4-6-20(19)26(21)28/h3-13H,1-2H3/b21-11-,25-16-. The molecule has 2 aromatic heterocycles. The van der Waals surface area contributed by atoms with Crippen LogP contribution in [0, 0.1) is 18.3 Å². The molecule has 0 aliphatic heterocycles. The molecule has 5 rings (SSSR count). The number of thiophene rings is 2. The Bertz CT molecular complexity index is 1390. The van der Waals surface area contributed by atoms with Gasteiger partial charge in [-0.15, -0.1) is 22.7 Å². The summed E-state index contributed by atoms with van der Waals surface area (Å²) in [5.41, 5.74) is 5.95. The first-order valence-corrected chi connectivity index (χ1v) is 11.3. The van der Waals surface area contributed by atoms with E-state index in [9.17, 15) is 10.1 Å². The molecule has 1 aliphatic carbocycles. The SMILES string of the molecule is C/C(C#N)=C1/C(=C/c2cc3sc(-c4ccc(C)cc4)cc3s2)C(=O)c2ccccc21. The minimum absolute atomic E-state index is 0.00713. The number of allylic oxidation sites excluding steroid dienone is 3. The first-order valence-electron chi connectivity index (χ1n) is 9.62. The largest absolute Gasteiger partial charge is 0.289 e. The summed E-state index contributed by atoms with van der Waals surface area (Å²) >= 11 is 3.45. The number of carbonyl (C=O) groups is 1. The molecule has 0 N–H and O–H groups in total. The van der Waals surface area contributed by atoms with Gasteiger partial charge in [-0.3, -0.25) is 4.79 Å². The fraction of sp³-hybridized carbons (Fsp3) is 0.0769. The molecular weight excluding hydrogens is 406 g/mol. The highest BCUT2D eigenvalue weighted by atomic mass is 32.1. The summed E-state index contributed by atoms with van der Waals surface area (Å²) in [6.07, 6.45) is 1.95. The zero-order valence-corrected chi connectivity index (χ0v) is 18.2. The van der Waals surface area contributed by atoms with Crippen LogP contribution < -0.4 is 0 Å². The van der Waals surface area contributed by atoms with Crippen molar-refractivity contribution in [2.75, 3.05) is 0 Å². The smallest absolute Gasteiger partial charge is 0.194 e. The Morgan fingerprint density at radius 3 is 2.37 bits per heavy atom. The predicted molar refractivity (Wildman–Crippen MR) is 127 cm³/mol. The second-order valence-electron chi connectivity index (χ2n) is 7.40. The summed E-state index contributed by atoms with van der Waals surface area (Å²) < 4.78 is 2.43. The maximum absolute atomic E-state index is 13.0. The van der Waals surface area contributed by atoms with Gasteiger partial charge in [0.1, 0.15) is 0 Å². The highest BCUT2D eigenvalue weighted by Gasteiger charge is 2.31. The van der Waals surface area contributed by atoms with E-state index in [4.69, 9.17) is 0 Å². The molecule has 4 heteroatoms. The average molecular weight is 424 g/mol. The second kappa shape index (κ2) is 7.21. The van der Waals surface area contributed by atoms with E-state index in [1.807, 2.05) is 30.3 Å². The Morgan fingerprint density at radius 1 is 0.967 bits per heavy atom. The van der Waals surface area contributed by atoms with E-state index in [1.54, 1.807) is 29.6 Å². The first kappa shape index (κ1) is 18.7. The van der Waals surface area contributed by atoms with Gasteiger partial charge >= 0.3 is 0 Å². The third-order valence-electron chi connectivity index (χ3n) is 5.35. The van der Waals surface area contributed by atoms with Crippen LogP contribution in [0.1, 0.15) is 33.3 Å². The fourth-order valence-corrected chi connectivity index (χ4v) is 6.18. The van der Waals surface area contributed by atoms with Crippen LogP contribution in [0.4, 0.5) is 0 Å². The van der Waals surface area contributed by atoms with E-state index in [-0.39, 0.29) is 5.78 Å². The van der Waals surface area contributed by atoms with Crippen molar-refractivity contribution in [2.45, 2.75) is 13.8 Å². The number of carbonyl (C=O) groups excluding carboxylic acids is 1. The number of aryl methyl sites for hydroxylation is 1. The zero-order chi connectivity index (χ0) is 20.8. The Balaban J connectivity index is 1.57. The molecule has 0 amide bonds. The third kappa shape index (κ3) is 3.04. The number of benzene rings is 2. The van der Waals surface area contributed by atoms with Crippen molar-refractivity contribution in [1.29, 1.82) is 5.26 Å². The quantitative estimate of drug-likeness (QED) is 0.247. The normalized spacial score (nSPS) is 16.2. The molecule has 144 valence electrons. The maximum Gasteiger partial charge on any atom is 0.194 e. The summed E-state index contributed by atoms with van der Waals surface area (Å²) in [4.78, 5) is 15.3. The summed E-state index contributed by atoms with van der Waals surface area (Å²) in [5, 5.41) is 9.49. The molecular formula is C26H17NOS2. The van der Waals surface area contributed by atoms with Gasteiger partial charge in [0.25, 0.3) is 0 Å². The number of hydrogen-bond acceptors (Lipinski definition) is 4. The van der Waals surface area contributed by atoms with Gasteiger partial charge in [0, 0.05) is 41.4 Å². The lowest BCUT2D eigenvalue weighted by Gasteiger charge is -2.02. The Morgan fingerprint density at radius 2 is 1.67 bits per heavy atom. The molecule has 0 radical (unpaired) electrons. The van der Waals surface area contributed by atoms with Crippen molar-refractivity contribution in [3.8, 4) is 16.5 Å². The molecule has 0 fully saturated rings. The van der Waals surface area contributed by atoms with Crippen molar-refractivity contribution < 1.29 is 4.79 Å². The minimum atomic E-state index is -0.00713. The number of Topliss-reactive ketones (excluding diaryl/α,β-unsaturated/α-hetero) is 1. The fourth-order valence-electron chi connectivity index (χ4n) is 3.83. The van der Waals surface area contributed by atoms with Crippen LogP contribution in [0.15, 0.2) is 71.8 Å². The van der Waals surface area contributed by atoms with E-state index in [1.165, 1.54) is 25.4 Å². The first-order chi connectivity index (χ1) is 14.5. The highest BCUT2D eigenvalue weighted by molar-refractivity contribution is 7.29. The molecule has 0 saturated carbocycles. The molecule has 4 aromatic rings. The van der Waals surface area contributed by atoms with Crippen LogP contribution in [-0.4, -0.2) is 5.78 Å². The molecule has 0 spiro atoms. The van der Waals surface area contributed by atoms with Gasteiger partial charge in [-0.1, -0.05) is 54.1 Å². The molecule has 30 heavy (non-hydrogen) atoms. The van der Waals surface area contributed by atoms with Crippen LogP contribution in [0.2, 0.25) is 0 Å². The zero-order valence-electron chi connectivity index (χ0n) is 16.5. The van der Waals surface area contributed by atoms with E-state index in [0.717, 1.165) is 16.0 Å². The Hall–Kier alpha value is -3.26. The highest BCUT2D eigenvalue weighted by Crippen LogP contribution is 2.43. The molecule has 0 atom stereocenters. The van der Waals surface area contributed by atoms with Gasteiger partial charge < -0.3 is 0 Å². The molecule has 2 nitrogen and oxygen atoms in total. The van der Waals surface area contributed by atoms with E-state index in [0.29, 0.717) is 16.7 Å². The van der Waals surface area contributed by atoms with E-state index < -0.39 is 0 Å². The summed E-state index contributed by atoms with van der Waals surface area (Å²) in [7, 11) is 0. The van der Waals surface area contributed by atoms with Gasteiger partial charge in [-0.2, -0.15) is 5.26 Å². The number of fused-ring (bicyclic) bond motifs is 2. The lowest BCUT2D eigenvalue weighted by molar-refractivity contribution is 0.104. The van der Waals surface area contributed by atoms with Gasteiger partial charge in [0.05, 0.1) is 6.07 Å². The van der Waals surface area contributed by atoms with Crippen LogP contribution >= 0.6 is 22.7 Å². The number of ketones is 1. The number of rotatable bonds is 2.